The zero-order valence-electron chi connectivity index (χ0n) is 15.1. The van der Waals surface area contributed by atoms with Crippen molar-refractivity contribution in [3.05, 3.63) is 58.9 Å². The summed E-state index contributed by atoms with van der Waals surface area (Å²) in [6, 6.07) is 9.37. The number of likely N-dealkylation sites (N-methyl/N-ethyl adjacent to an activating group) is 1. The Hall–Kier alpha value is -2.16. The molecule has 146 valence electrons. The van der Waals surface area contributed by atoms with Gasteiger partial charge in [-0.2, -0.15) is 4.31 Å². The maximum atomic E-state index is 13.0. The van der Waals surface area contributed by atoms with Crippen molar-refractivity contribution >= 4 is 27.5 Å². The molecule has 0 bridgehead atoms. The smallest absolute Gasteiger partial charge is 0.243 e. The molecule has 0 aromatic heterocycles. The van der Waals surface area contributed by atoms with E-state index >= 15 is 0 Å². The number of sulfonamides is 1. The van der Waals surface area contributed by atoms with E-state index in [0.29, 0.717) is 11.3 Å². The second kappa shape index (κ2) is 8.69. The lowest BCUT2D eigenvalue weighted by Gasteiger charge is -2.20. The molecule has 0 aliphatic carbocycles. The lowest BCUT2D eigenvalue weighted by Crippen LogP contribution is -2.39. The maximum Gasteiger partial charge on any atom is 0.243 e. The summed E-state index contributed by atoms with van der Waals surface area (Å²) in [6.45, 7) is 1.35. The average molecular weight is 415 g/mol. The lowest BCUT2D eigenvalue weighted by atomic mass is 10.1. The number of carbonyl (C=O) groups is 1. The molecule has 0 heterocycles. The molecule has 1 N–H and O–H groups in total. The van der Waals surface area contributed by atoms with Crippen molar-refractivity contribution in [2.75, 3.05) is 20.7 Å². The Morgan fingerprint density at radius 2 is 1.89 bits per heavy atom. The number of carbonyl (C=O) groups excluding carboxylic acids is 1. The zero-order valence-corrected chi connectivity index (χ0v) is 16.6. The predicted octanol–water partition coefficient (Wildman–Crippen LogP) is 2.99. The second-order valence-corrected chi connectivity index (χ2v) is 8.35. The molecule has 0 saturated heterocycles. The fraction of sp³-hybridized carbons (Fsp3) is 0.278. The summed E-state index contributed by atoms with van der Waals surface area (Å²) in [7, 11) is -1.18. The number of methoxy groups -OCH3 is 1. The van der Waals surface area contributed by atoms with Crippen LogP contribution in [0.5, 0.6) is 5.75 Å². The summed E-state index contributed by atoms with van der Waals surface area (Å²) in [4.78, 5) is 12.2. The van der Waals surface area contributed by atoms with Gasteiger partial charge in [0.15, 0.2) is 0 Å². The van der Waals surface area contributed by atoms with E-state index in [1.54, 1.807) is 19.1 Å². The van der Waals surface area contributed by atoms with E-state index in [2.05, 4.69) is 5.32 Å². The normalized spacial score (nSPS) is 12.7. The SMILES string of the molecule is COc1ccc(S(=O)(=O)N(C)CC(=O)N[C@H](C)c2ccc(F)cc2)cc1Cl. The minimum Gasteiger partial charge on any atom is -0.495 e. The van der Waals surface area contributed by atoms with Crippen LogP contribution in [0.2, 0.25) is 5.02 Å². The first-order valence-corrected chi connectivity index (χ1v) is 9.81. The number of nitrogens with zero attached hydrogens (tertiary/aromatic N) is 1. The van der Waals surface area contributed by atoms with Crippen LogP contribution in [0.15, 0.2) is 47.4 Å². The summed E-state index contributed by atoms with van der Waals surface area (Å²) in [5, 5.41) is 2.84. The number of amides is 1. The van der Waals surface area contributed by atoms with Crippen LogP contribution >= 0.6 is 11.6 Å². The number of ether oxygens (including phenoxy) is 1. The van der Waals surface area contributed by atoms with Crippen LogP contribution in [0.1, 0.15) is 18.5 Å². The molecule has 2 rings (SSSR count). The minimum absolute atomic E-state index is 0.0461. The third-order valence-corrected chi connectivity index (χ3v) is 6.04. The molecule has 2 aromatic rings. The van der Waals surface area contributed by atoms with Gasteiger partial charge in [-0.1, -0.05) is 23.7 Å². The van der Waals surface area contributed by atoms with Gasteiger partial charge in [-0.25, -0.2) is 12.8 Å². The van der Waals surface area contributed by atoms with Gasteiger partial charge in [-0.3, -0.25) is 4.79 Å². The number of hydrogen-bond donors (Lipinski definition) is 1. The highest BCUT2D eigenvalue weighted by Crippen LogP contribution is 2.28. The molecule has 0 aliphatic rings. The van der Waals surface area contributed by atoms with Crippen LogP contribution in [-0.4, -0.2) is 39.3 Å². The molecule has 27 heavy (non-hydrogen) atoms. The van der Waals surface area contributed by atoms with Crippen LogP contribution in [0, 0.1) is 5.82 Å². The topological polar surface area (TPSA) is 75.7 Å². The van der Waals surface area contributed by atoms with Gasteiger partial charge in [0.05, 0.1) is 29.6 Å². The lowest BCUT2D eigenvalue weighted by molar-refractivity contribution is -0.121. The van der Waals surface area contributed by atoms with Gasteiger partial charge in [0.25, 0.3) is 0 Å². The van der Waals surface area contributed by atoms with Crippen molar-refractivity contribution in [2.45, 2.75) is 17.9 Å². The quantitative estimate of drug-likeness (QED) is 0.755. The largest absolute Gasteiger partial charge is 0.495 e. The van der Waals surface area contributed by atoms with Gasteiger partial charge in [0.2, 0.25) is 15.9 Å². The molecule has 0 fully saturated rings. The summed E-state index contributed by atoms with van der Waals surface area (Å²) < 4.78 is 44.1. The van der Waals surface area contributed by atoms with E-state index in [1.165, 1.54) is 44.5 Å². The Bertz CT molecular complexity index is 919. The van der Waals surface area contributed by atoms with Gasteiger partial charge < -0.3 is 10.1 Å². The van der Waals surface area contributed by atoms with E-state index in [-0.39, 0.29) is 22.3 Å². The summed E-state index contributed by atoms with van der Waals surface area (Å²) in [5.74, 6) is -0.511. The molecule has 0 saturated carbocycles. The van der Waals surface area contributed by atoms with Crippen molar-refractivity contribution in [1.29, 1.82) is 0 Å². The molecular formula is C18H20ClFN2O4S. The van der Waals surface area contributed by atoms with Crippen LogP contribution in [-0.2, 0) is 14.8 Å². The van der Waals surface area contributed by atoms with Gasteiger partial charge in [-0.05, 0) is 42.8 Å². The van der Waals surface area contributed by atoms with Crippen LogP contribution in [0.25, 0.3) is 0 Å². The Kier molecular flexibility index (Phi) is 6.80. The number of halogens is 2. The fourth-order valence-corrected chi connectivity index (χ4v) is 3.87. The Balaban J connectivity index is 2.06. The summed E-state index contributed by atoms with van der Waals surface area (Å²) in [5.41, 5.74) is 0.706. The summed E-state index contributed by atoms with van der Waals surface area (Å²) in [6.07, 6.45) is 0. The number of nitrogens with one attached hydrogen (secondary N) is 1. The van der Waals surface area contributed by atoms with Crippen molar-refractivity contribution in [3.63, 3.8) is 0 Å². The van der Waals surface area contributed by atoms with Gasteiger partial charge in [-0.15, -0.1) is 0 Å². The first-order chi connectivity index (χ1) is 12.6. The molecule has 9 heteroatoms. The number of rotatable bonds is 7. The molecule has 0 spiro atoms. The number of hydrogen-bond acceptors (Lipinski definition) is 4. The highest BCUT2D eigenvalue weighted by molar-refractivity contribution is 7.89. The standard InChI is InChI=1S/C18H20ClFN2O4S/c1-12(13-4-6-14(20)7-5-13)21-18(23)11-22(2)27(24,25)15-8-9-17(26-3)16(19)10-15/h4-10,12H,11H2,1-3H3,(H,21,23)/t12-/m1/s1. The average Bonchev–Trinajstić information content (AvgIpc) is 2.61. The fourth-order valence-electron chi connectivity index (χ4n) is 2.40. The minimum atomic E-state index is -3.90. The molecule has 0 radical (unpaired) electrons. The van der Waals surface area contributed by atoms with E-state index in [1.807, 2.05) is 0 Å². The van der Waals surface area contributed by atoms with Gasteiger partial charge >= 0.3 is 0 Å². The molecule has 0 unspecified atom stereocenters. The van der Waals surface area contributed by atoms with E-state index in [9.17, 15) is 17.6 Å². The molecule has 0 aliphatic heterocycles. The Morgan fingerprint density at radius 1 is 1.26 bits per heavy atom. The van der Waals surface area contributed by atoms with Gasteiger partial charge in [0.1, 0.15) is 11.6 Å². The zero-order chi connectivity index (χ0) is 20.2. The Labute approximate surface area is 162 Å². The highest BCUT2D eigenvalue weighted by atomic mass is 35.5. The van der Waals surface area contributed by atoms with Crippen molar-refractivity contribution in [2.24, 2.45) is 0 Å². The summed E-state index contributed by atoms with van der Waals surface area (Å²) >= 11 is 5.98. The van der Waals surface area contributed by atoms with Crippen LogP contribution in [0.4, 0.5) is 4.39 Å². The molecule has 1 atom stereocenters. The van der Waals surface area contributed by atoms with Crippen molar-refractivity contribution in [1.82, 2.24) is 9.62 Å². The Morgan fingerprint density at radius 3 is 2.44 bits per heavy atom. The van der Waals surface area contributed by atoms with E-state index in [4.69, 9.17) is 16.3 Å². The second-order valence-electron chi connectivity index (χ2n) is 5.90. The number of benzene rings is 2. The molecular weight excluding hydrogens is 395 g/mol. The molecule has 2 aromatic carbocycles. The van der Waals surface area contributed by atoms with Crippen molar-refractivity contribution < 1.29 is 22.3 Å². The predicted molar refractivity (Wildman–Crippen MR) is 101 cm³/mol. The van der Waals surface area contributed by atoms with Crippen molar-refractivity contribution in [3.8, 4) is 5.75 Å². The van der Waals surface area contributed by atoms with E-state index in [0.717, 1.165) is 4.31 Å². The first kappa shape index (κ1) is 21.1. The van der Waals surface area contributed by atoms with Gasteiger partial charge in [0, 0.05) is 7.05 Å². The van der Waals surface area contributed by atoms with Crippen LogP contribution in [0.3, 0.4) is 0 Å². The highest BCUT2D eigenvalue weighted by Gasteiger charge is 2.24. The molecule has 6 nitrogen and oxygen atoms in total. The molecule has 1 amide bonds. The third kappa shape index (κ3) is 5.18. The maximum absolute atomic E-state index is 13.0. The van der Waals surface area contributed by atoms with Crippen LogP contribution < -0.4 is 10.1 Å². The first-order valence-electron chi connectivity index (χ1n) is 8.00. The van der Waals surface area contributed by atoms with E-state index < -0.39 is 22.0 Å². The third-order valence-electron chi connectivity index (χ3n) is 3.95. The monoisotopic (exact) mass is 414 g/mol.